The van der Waals surface area contributed by atoms with Gasteiger partial charge in [0, 0.05) is 29.7 Å². The van der Waals surface area contributed by atoms with Crippen LogP contribution in [0.2, 0.25) is 0 Å². The minimum atomic E-state index is -2.24. The monoisotopic (exact) mass is 787 g/mol. The van der Waals surface area contributed by atoms with E-state index in [1.807, 2.05) is 84.9 Å². The summed E-state index contributed by atoms with van der Waals surface area (Å²) in [4.78, 5) is 30.3. The smallest absolute Gasteiger partial charge is 0.351 e. The molecule has 0 saturated carbocycles. The Morgan fingerprint density at radius 1 is 0.868 bits per heavy atom. The van der Waals surface area contributed by atoms with E-state index in [-0.39, 0.29) is 18.3 Å². The average Bonchev–Trinajstić information content (AvgIpc) is 3.81. The number of methoxy groups -OCH3 is 2. The molecule has 3 atom stereocenters. The highest BCUT2D eigenvalue weighted by Gasteiger charge is 2.45. The number of ether oxygens (including phenoxy) is 4. The zero-order valence-electron chi connectivity index (χ0n) is 29.0. The largest absolute Gasteiger partial charge is 0.497 e. The first-order valence-corrected chi connectivity index (χ1v) is 22.9. The number of carbonyl (C=O) groups excluding carboxylic acids is 1. The van der Waals surface area contributed by atoms with E-state index in [1.54, 1.807) is 73.5 Å². The summed E-state index contributed by atoms with van der Waals surface area (Å²) in [6.07, 6.45) is 0.175. The summed E-state index contributed by atoms with van der Waals surface area (Å²) in [5.41, 5.74) is 1.48. The van der Waals surface area contributed by atoms with Gasteiger partial charge < -0.3 is 28.8 Å². The maximum absolute atomic E-state index is 13.4. The molecule has 0 spiro atoms. The lowest BCUT2D eigenvalue weighted by Crippen LogP contribution is -2.38. The Morgan fingerprint density at radius 2 is 1.43 bits per heavy atom. The van der Waals surface area contributed by atoms with Crippen molar-refractivity contribution in [3.05, 3.63) is 154 Å². The van der Waals surface area contributed by atoms with E-state index in [9.17, 15) is 9.59 Å². The van der Waals surface area contributed by atoms with E-state index >= 15 is 0 Å². The zero-order chi connectivity index (χ0) is 36.8. The van der Waals surface area contributed by atoms with Crippen LogP contribution in [0.25, 0.3) is 0 Å². The van der Waals surface area contributed by atoms with Gasteiger partial charge in [0.05, 0.1) is 26.9 Å². The molecule has 7 rings (SSSR count). The van der Waals surface area contributed by atoms with Gasteiger partial charge in [-0.1, -0.05) is 95.6 Å². The Kier molecular flexibility index (Phi) is 11.7. The Morgan fingerprint density at radius 3 is 2.00 bits per heavy atom. The number of hydrogen-bond donors (Lipinski definition) is 1. The molecule has 5 aromatic rings. The molecule has 1 aromatic heterocycles. The van der Waals surface area contributed by atoms with Gasteiger partial charge in [-0.3, -0.25) is 9.36 Å². The SMILES string of the molecule is COc1ccc(C(OCC2OC(n3ccc(NC(=O)c4ccccc4)nc3=O)CC2OP2(=S)SCCS2)(c2ccccc2)c2ccc(OC)cc2)cc1. The lowest BCUT2D eigenvalue weighted by molar-refractivity contribution is -0.0905. The van der Waals surface area contributed by atoms with Crippen LogP contribution in [0, 0.1) is 0 Å². The number of nitrogens with one attached hydrogen (secondary N) is 1. The third-order valence-corrected chi connectivity index (χ3v) is 18.8. The maximum atomic E-state index is 13.4. The number of carbonyl (C=O) groups is 1. The number of rotatable bonds is 13. The van der Waals surface area contributed by atoms with Crippen molar-refractivity contribution in [2.24, 2.45) is 0 Å². The third kappa shape index (κ3) is 8.27. The Hall–Kier alpha value is -3.94. The summed E-state index contributed by atoms with van der Waals surface area (Å²) in [6.45, 7) is 0.103. The van der Waals surface area contributed by atoms with Crippen molar-refractivity contribution in [3.63, 3.8) is 0 Å². The van der Waals surface area contributed by atoms with Gasteiger partial charge in [-0.05, 0) is 71.0 Å². The summed E-state index contributed by atoms with van der Waals surface area (Å²) >= 11 is 9.42. The van der Waals surface area contributed by atoms with Crippen LogP contribution >= 0.6 is 27.4 Å². The van der Waals surface area contributed by atoms with Crippen LogP contribution in [0.4, 0.5) is 5.82 Å². The number of benzene rings is 4. The number of nitrogens with zero attached hydrogens (tertiary/aromatic N) is 2. The third-order valence-electron chi connectivity index (χ3n) is 9.08. The molecule has 10 nitrogen and oxygen atoms in total. The van der Waals surface area contributed by atoms with E-state index in [0.717, 1.165) is 39.7 Å². The lowest BCUT2D eigenvalue weighted by atomic mass is 9.80. The Labute approximate surface area is 321 Å². The van der Waals surface area contributed by atoms with Gasteiger partial charge in [-0.2, -0.15) is 4.98 Å². The molecule has 14 heteroatoms. The second-order valence-corrected chi connectivity index (χ2v) is 23.0. The van der Waals surface area contributed by atoms with Crippen LogP contribution in [0.5, 0.6) is 11.5 Å². The van der Waals surface area contributed by atoms with Crippen LogP contribution < -0.4 is 20.5 Å². The predicted molar refractivity (Wildman–Crippen MR) is 214 cm³/mol. The molecule has 0 radical (unpaired) electrons. The molecule has 4 aromatic carbocycles. The lowest BCUT2D eigenvalue weighted by Gasteiger charge is -2.37. The van der Waals surface area contributed by atoms with Gasteiger partial charge in [0.2, 0.25) is 0 Å². The van der Waals surface area contributed by atoms with Crippen LogP contribution in [0.3, 0.4) is 0 Å². The van der Waals surface area contributed by atoms with E-state index in [4.69, 9.17) is 35.3 Å². The standard InChI is InChI=1S/C39H38N3O7PS3/c1-45-31-17-13-29(14-18-31)39(28-11-7-4-8-12-28,30-15-19-32(46-2)20-16-30)47-26-34-33(49-50(51)52-23-24-53-50)25-36(48-34)42-22-21-35(41-38(42)44)40-37(43)27-9-5-3-6-10-27/h3-22,33-34,36H,23-26H2,1-2H3,(H,40,41,43,44). The fraction of sp³-hybridized carbons (Fsp3) is 0.256. The fourth-order valence-electron chi connectivity index (χ4n) is 6.46. The second kappa shape index (κ2) is 16.6. The van der Waals surface area contributed by atoms with Crippen molar-refractivity contribution in [1.29, 1.82) is 0 Å². The first-order chi connectivity index (χ1) is 25.8. The Bertz CT molecular complexity index is 2070. The van der Waals surface area contributed by atoms with Crippen LogP contribution in [-0.4, -0.2) is 60.0 Å². The van der Waals surface area contributed by atoms with Gasteiger partial charge >= 0.3 is 5.69 Å². The number of anilines is 1. The zero-order valence-corrected chi connectivity index (χ0v) is 32.4. The molecule has 1 amide bonds. The van der Waals surface area contributed by atoms with Crippen molar-refractivity contribution in [1.82, 2.24) is 9.55 Å². The van der Waals surface area contributed by atoms with E-state index in [0.29, 0.717) is 12.0 Å². The van der Waals surface area contributed by atoms with Crippen LogP contribution in [0.1, 0.15) is 39.7 Å². The number of amides is 1. The molecular formula is C39H38N3O7PS3. The molecule has 2 aliphatic rings. The van der Waals surface area contributed by atoms with Crippen molar-refractivity contribution in [2.45, 2.75) is 30.5 Å². The van der Waals surface area contributed by atoms with Crippen LogP contribution in [0.15, 0.2) is 126 Å². The Balaban J connectivity index is 1.22. The summed E-state index contributed by atoms with van der Waals surface area (Å²) in [5, 5.41) is 2.71. The average molecular weight is 788 g/mol. The predicted octanol–water partition coefficient (Wildman–Crippen LogP) is 7.90. The molecule has 3 heterocycles. The highest BCUT2D eigenvalue weighted by Crippen LogP contribution is 2.75. The molecule has 53 heavy (non-hydrogen) atoms. The molecule has 3 unspecified atom stereocenters. The fourth-order valence-corrected chi connectivity index (χ4v) is 15.9. The minimum Gasteiger partial charge on any atom is -0.497 e. The van der Waals surface area contributed by atoms with Crippen LogP contribution in [-0.2, 0) is 31.4 Å². The summed E-state index contributed by atoms with van der Waals surface area (Å²) in [7, 11) is 3.27. The van der Waals surface area contributed by atoms with Gasteiger partial charge in [0.25, 0.3) is 5.91 Å². The van der Waals surface area contributed by atoms with Gasteiger partial charge in [-0.15, -0.1) is 0 Å². The van der Waals surface area contributed by atoms with E-state index in [1.165, 1.54) is 4.57 Å². The van der Waals surface area contributed by atoms with Crippen molar-refractivity contribution < 1.29 is 28.3 Å². The number of aromatic nitrogens is 2. The molecule has 0 aliphatic carbocycles. The molecule has 2 saturated heterocycles. The van der Waals surface area contributed by atoms with Crippen molar-refractivity contribution in [2.75, 3.05) is 37.6 Å². The summed E-state index contributed by atoms with van der Waals surface area (Å²) < 4.78 is 30.8. The van der Waals surface area contributed by atoms with Gasteiger partial charge in [-0.25, -0.2) is 4.79 Å². The summed E-state index contributed by atoms with van der Waals surface area (Å²) in [5.74, 6) is 3.07. The van der Waals surface area contributed by atoms with Gasteiger partial charge in [0.15, 0.2) is 4.67 Å². The number of hydrogen-bond acceptors (Lipinski definition) is 11. The van der Waals surface area contributed by atoms with Crippen molar-refractivity contribution >= 4 is 51.0 Å². The highest BCUT2D eigenvalue weighted by molar-refractivity contribution is 9.00. The highest BCUT2D eigenvalue weighted by atomic mass is 33.2. The normalized spacial score (nSPS) is 19.5. The second-order valence-electron chi connectivity index (χ2n) is 12.3. The van der Waals surface area contributed by atoms with Crippen molar-refractivity contribution in [3.8, 4) is 11.5 Å². The molecular weight excluding hydrogens is 750 g/mol. The first-order valence-electron chi connectivity index (χ1n) is 17.0. The molecule has 0 bridgehead atoms. The summed E-state index contributed by atoms with van der Waals surface area (Å²) in [6, 6.07) is 36.0. The van der Waals surface area contributed by atoms with Gasteiger partial charge in [0.1, 0.15) is 35.2 Å². The molecule has 274 valence electrons. The first kappa shape index (κ1) is 37.4. The quantitative estimate of drug-likeness (QED) is 0.0930. The minimum absolute atomic E-state index is 0.103. The maximum Gasteiger partial charge on any atom is 0.351 e. The van der Waals surface area contributed by atoms with E-state index < -0.39 is 34.4 Å². The molecule has 1 N–H and O–H groups in total. The van der Waals surface area contributed by atoms with E-state index in [2.05, 4.69) is 10.3 Å². The topological polar surface area (TPSA) is 110 Å². The molecule has 2 fully saturated rings. The molecule has 2 aliphatic heterocycles.